The van der Waals surface area contributed by atoms with E-state index in [4.69, 9.17) is 18.6 Å². The minimum absolute atomic E-state index is 0.102. The quantitative estimate of drug-likeness (QED) is 0.156. The molecule has 1 aliphatic carbocycles. The first-order valence-electron chi connectivity index (χ1n) is 13.2. The minimum atomic E-state index is -2.69. The number of hydrogen-bond acceptors (Lipinski definition) is 4. The number of hydrogen-bond donors (Lipinski definition) is 0. The molecule has 3 unspecified atom stereocenters. The fourth-order valence-corrected chi connectivity index (χ4v) is 10.7. The van der Waals surface area contributed by atoms with Crippen molar-refractivity contribution in [2.45, 2.75) is 50.5 Å². The molecule has 1 saturated carbocycles. The van der Waals surface area contributed by atoms with Crippen LogP contribution in [0, 0.1) is 5.92 Å². The van der Waals surface area contributed by atoms with E-state index in [9.17, 15) is 0 Å². The maximum absolute atomic E-state index is 7.28. The van der Waals surface area contributed by atoms with Crippen LogP contribution in [0.1, 0.15) is 32.8 Å². The summed E-state index contributed by atoms with van der Waals surface area (Å²) in [6.07, 6.45) is 0.619. The van der Waals surface area contributed by atoms with Crippen LogP contribution in [-0.2, 0) is 25.2 Å². The molecule has 194 valence electrons. The summed E-state index contributed by atoms with van der Waals surface area (Å²) in [5.41, 5.74) is 1.77. The Morgan fingerprint density at radius 1 is 0.892 bits per heavy atom. The van der Waals surface area contributed by atoms with E-state index in [1.54, 1.807) is 0 Å². The first-order valence-corrected chi connectivity index (χ1v) is 15.1. The van der Waals surface area contributed by atoms with Crippen molar-refractivity contribution in [2.24, 2.45) is 5.92 Å². The molecule has 0 spiro atoms. The lowest BCUT2D eigenvalue weighted by Gasteiger charge is -2.45. The van der Waals surface area contributed by atoms with Gasteiger partial charge in [-0.05, 0) is 21.0 Å². The molecule has 0 N–H and O–H groups in total. The van der Waals surface area contributed by atoms with E-state index in [0.29, 0.717) is 19.8 Å². The van der Waals surface area contributed by atoms with Gasteiger partial charge < -0.3 is 18.6 Å². The van der Waals surface area contributed by atoms with Crippen LogP contribution in [0.15, 0.2) is 103 Å². The lowest BCUT2D eigenvalue weighted by Crippen LogP contribution is -2.68. The van der Waals surface area contributed by atoms with Gasteiger partial charge in [-0.1, -0.05) is 124 Å². The van der Waals surface area contributed by atoms with Gasteiger partial charge in [-0.2, -0.15) is 0 Å². The summed E-state index contributed by atoms with van der Waals surface area (Å²) >= 11 is 0. The van der Waals surface area contributed by atoms with Gasteiger partial charge in [0.15, 0.2) is 0 Å². The van der Waals surface area contributed by atoms with Crippen LogP contribution >= 0.6 is 0 Å². The van der Waals surface area contributed by atoms with Crippen molar-refractivity contribution in [1.29, 1.82) is 0 Å². The second-order valence-corrected chi connectivity index (χ2v) is 15.6. The first kappa shape index (κ1) is 26.1. The van der Waals surface area contributed by atoms with Gasteiger partial charge in [0.1, 0.15) is 18.5 Å². The third-order valence-electron chi connectivity index (χ3n) is 7.88. The van der Waals surface area contributed by atoms with Gasteiger partial charge in [0.25, 0.3) is 8.32 Å². The molecule has 5 heteroatoms. The molecule has 1 aliphatic heterocycles. The van der Waals surface area contributed by atoms with Crippen molar-refractivity contribution in [2.75, 3.05) is 20.0 Å². The molecule has 1 saturated heterocycles. The van der Waals surface area contributed by atoms with Gasteiger partial charge in [-0.3, -0.25) is 0 Å². The molecule has 3 aromatic rings. The Labute approximate surface area is 222 Å². The average molecular weight is 515 g/mol. The van der Waals surface area contributed by atoms with Crippen LogP contribution in [0.3, 0.4) is 0 Å². The standard InChI is InChI=1S/C32H38O4Si/c1-25-20-32(30(29(25)22-35-32)34-24-33-21-26-14-8-5-9-15-26)23-36-37(31(2,3)4,27-16-10-6-11-17-27)28-18-12-7-13-19-28/h5-19,29-30H,1,20-24H2,2-4H3. The zero-order valence-electron chi connectivity index (χ0n) is 22.2. The third-order valence-corrected chi connectivity index (χ3v) is 12.9. The Balaban J connectivity index is 1.39. The average Bonchev–Trinajstić information content (AvgIpc) is 3.38. The van der Waals surface area contributed by atoms with Crippen molar-refractivity contribution in [1.82, 2.24) is 0 Å². The van der Waals surface area contributed by atoms with Gasteiger partial charge >= 0.3 is 0 Å². The van der Waals surface area contributed by atoms with E-state index >= 15 is 0 Å². The fourth-order valence-electron chi connectivity index (χ4n) is 6.08. The smallest absolute Gasteiger partial charge is 0.261 e. The minimum Gasteiger partial charge on any atom is -0.404 e. The molecule has 5 rings (SSSR count). The van der Waals surface area contributed by atoms with Gasteiger partial charge in [-0.15, -0.1) is 0 Å². The topological polar surface area (TPSA) is 36.9 Å². The maximum Gasteiger partial charge on any atom is 0.261 e. The zero-order chi connectivity index (χ0) is 25.9. The summed E-state index contributed by atoms with van der Waals surface area (Å²) in [5.74, 6) is 0.170. The fraction of sp³-hybridized carbons (Fsp3) is 0.375. The van der Waals surface area contributed by atoms with Gasteiger partial charge in [0.05, 0.1) is 19.8 Å². The Hall–Kier alpha value is -2.54. The highest BCUT2D eigenvalue weighted by Crippen LogP contribution is 2.50. The molecular weight excluding hydrogens is 476 g/mol. The number of rotatable bonds is 10. The van der Waals surface area contributed by atoms with Crippen molar-refractivity contribution >= 4 is 18.7 Å². The molecule has 2 aliphatic rings. The molecular formula is C32H38O4Si. The van der Waals surface area contributed by atoms with Crippen LogP contribution in [0.2, 0.25) is 5.04 Å². The van der Waals surface area contributed by atoms with E-state index in [1.165, 1.54) is 15.9 Å². The molecule has 3 atom stereocenters. The summed E-state index contributed by atoms with van der Waals surface area (Å²) in [4.78, 5) is 0. The molecule has 4 nitrogen and oxygen atoms in total. The predicted octanol–water partition coefficient (Wildman–Crippen LogP) is 5.47. The van der Waals surface area contributed by atoms with Crippen molar-refractivity contribution in [3.05, 3.63) is 109 Å². The van der Waals surface area contributed by atoms with E-state index in [-0.39, 0.29) is 23.9 Å². The SMILES string of the molecule is C=C1CC2(CO[Si](c3ccccc3)(c3ccccc3)C(C)(C)C)OCC1C2OCOCc1ccccc1. The van der Waals surface area contributed by atoms with E-state index < -0.39 is 13.9 Å². The van der Waals surface area contributed by atoms with Gasteiger partial charge in [0, 0.05) is 12.3 Å². The molecule has 0 aromatic heterocycles. The largest absolute Gasteiger partial charge is 0.404 e. The predicted molar refractivity (Wildman–Crippen MR) is 150 cm³/mol. The maximum atomic E-state index is 7.28. The third kappa shape index (κ3) is 4.99. The Kier molecular flexibility index (Phi) is 7.53. The highest BCUT2D eigenvalue weighted by Gasteiger charge is 2.60. The summed E-state index contributed by atoms with van der Waals surface area (Å²) in [6.45, 7) is 13.1. The molecule has 2 bridgehead atoms. The lowest BCUT2D eigenvalue weighted by atomic mass is 10.0. The molecule has 37 heavy (non-hydrogen) atoms. The first-order chi connectivity index (χ1) is 17.9. The normalized spacial score (nSPS) is 23.5. The Morgan fingerprint density at radius 3 is 2.00 bits per heavy atom. The van der Waals surface area contributed by atoms with E-state index in [0.717, 1.165) is 12.0 Å². The van der Waals surface area contributed by atoms with E-state index in [1.807, 2.05) is 18.2 Å². The molecule has 0 radical (unpaired) electrons. The van der Waals surface area contributed by atoms with Crippen LogP contribution in [0.5, 0.6) is 0 Å². The number of benzene rings is 3. The number of ether oxygens (including phenoxy) is 3. The summed E-state index contributed by atoms with van der Waals surface area (Å²) < 4.78 is 26.0. The van der Waals surface area contributed by atoms with Gasteiger partial charge in [-0.25, -0.2) is 0 Å². The lowest BCUT2D eigenvalue weighted by molar-refractivity contribution is -0.151. The highest BCUT2D eigenvalue weighted by atomic mass is 28.4. The summed E-state index contributed by atoms with van der Waals surface area (Å²) in [7, 11) is -2.69. The van der Waals surface area contributed by atoms with Crippen molar-refractivity contribution in [3.8, 4) is 0 Å². The Morgan fingerprint density at radius 2 is 1.46 bits per heavy atom. The highest BCUT2D eigenvalue weighted by molar-refractivity contribution is 6.99. The summed E-state index contributed by atoms with van der Waals surface area (Å²) in [5, 5.41) is 2.43. The molecule has 2 fully saturated rings. The second-order valence-electron chi connectivity index (χ2n) is 11.3. The van der Waals surface area contributed by atoms with Crippen LogP contribution in [0.25, 0.3) is 0 Å². The van der Waals surface area contributed by atoms with Crippen molar-refractivity contribution < 1.29 is 18.6 Å². The summed E-state index contributed by atoms with van der Waals surface area (Å²) in [6, 6.07) is 31.6. The van der Waals surface area contributed by atoms with E-state index in [2.05, 4.69) is 100 Å². The van der Waals surface area contributed by atoms with Gasteiger partial charge in [0.2, 0.25) is 0 Å². The second kappa shape index (κ2) is 10.7. The monoisotopic (exact) mass is 514 g/mol. The van der Waals surface area contributed by atoms with Crippen LogP contribution in [0.4, 0.5) is 0 Å². The molecule has 0 amide bonds. The van der Waals surface area contributed by atoms with Crippen molar-refractivity contribution in [3.63, 3.8) is 0 Å². The Bertz CT molecular complexity index is 1140. The van der Waals surface area contributed by atoms with Crippen LogP contribution in [-0.4, -0.2) is 40.0 Å². The van der Waals surface area contributed by atoms with Crippen LogP contribution < -0.4 is 10.4 Å². The molecule has 3 aromatic carbocycles. The molecule has 1 heterocycles. The number of fused-ring (bicyclic) bond motifs is 2. The zero-order valence-corrected chi connectivity index (χ0v) is 23.2.